The van der Waals surface area contributed by atoms with Gasteiger partial charge in [-0.05, 0) is 45.1 Å². The normalized spacial score (nSPS) is 19.1. The number of nitrogens with two attached hydrogens (primary N) is 1. The molecule has 9 heteroatoms. The fourth-order valence-corrected chi connectivity index (χ4v) is 4.13. The molecule has 8 nitrogen and oxygen atoms in total. The minimum atomic E-state index is -0.442. The lowest BCUT2D eigenvalue weighted by Crippen LogP contribution is -2.57. The molecule has 0 aliphatic carbocycles. The Kier molecular flexibility index (Phi) is 7.37. The summed E-state index contributed by atoms with van der Waals surface area (Å²) in [5.74, 6) is -0.434. The van der Waals surface area contributed by atoms with Crippen LogP contribution in [0.3, 0.4) is 0 Å². The molecule has 1 saturated heterocycles. The maximum atomic E-state index is 13.2. The molecule has 3 amide bonds. The predicted molar refractivity (Wildman–Crippen MR) is 115 cm³/mol. The molecular weight excluding hydrogens is 390 g/mol. The number of hydrogen-bond acceptors (Lipinski definition) is 5. The van der Waals surface area contributed by atoms with Crippen LogP contribution >= 0.6 is 11.8 Å². The van der Waals surface area contributed by atoms with E-state index < -0.39 is 5.91 Å². The third-order valence-electron chi connectivity index (χ3n) is 5.22. The van der Waals surface area contributed by atoms with E-state index in [1.54, 1.807) is 10.7 Å². The number of nitrogens with zero attached hydrogens (tertiary/aromatic N) is 3. The maximum absolute atomic E-state index is 13.2. The van der Waals surface area contributed by atoms with Gasteiger partial charge in [0.05, 0.1) is 23.1 Å². The summed E-state index contributed by atoms with van der Waals surface area (Å²) < 4.78 is 1.79. The number of thioether (sulfide) groups is 1. The first-order valence-corrected chi connectivity index (χ1v) is 11.1. The lowest BCUT2D eigenvalue weighted by Gasteiger charge is -2.46. The van der Waals surface area contributed by atoms with Gasteiger partial charge in [-0.25, -0.2) is 0 Å². The van der Waals surface area contributed by atoms with Gasteiger partial charge in [0, 0.05) is 19.3 Å². The number of carbonyl (C=O) groups excluding carboxylic acids is 3. The number of primary amides is 1. The molecule has 1 aliphatic heterocycles. The van der Waals surface area contributed by atoms with E-state index in [0.29, 0.717) is 18.8 Å². The third-order valence-corrected chi connectivity index (χ3v) is 6.18. The van der Waals surface area contributed by atoms with Crippen LogP contribution in [0.1, 0.15) is 57.9 Å². The van der Waals surface area contributed by atoms with E-state index in [0.717, 1.165) is 12.8 Å². The van der Waals surface area contributed by atoms with E-state index in [9.17, 15) is 14.4 Å². The molecule has 162 valence electrons. The minimum Gasteiger partial charge on any atom is -0.369 e. The van der Waals surface area contributed by atoms with E-state index >= 15 is 0 Å². The highest BCUT2D eigenvalue weighted by molar-refractivity contribution is 8.00. The van der Waals surface area contributed by atoms with Gasteiger partial charge in [0.25, 0.3) is 5.91 Å². The zero-order valence-corrected chi connectivity index (χ0v) is 18.8. The van der Waals surface area contributed by atoms with Crippen molar-refractivity contribution >= 4 is 29.5 Å². The quantitative estimate of drug-likeness (QED) is 0.692. The fraction of sp³-hybridized carbons (Fsp3) is 0.700. The Bertz CT molecular complexity index is 754. The number of aromatic nitrogens is 2. The summed E-state index contributed by atoms with van der Waals surface area (Å²) in [6.07, 6.45) is 3.72. The van der Waals surface area contributed by atoms with E-state index in [4.69, 9.17) is 5.73 Å². The molecule has 2 rings (SSSR count). The number of nitrogens with one attached hydrogen (secondary N) is 1. The van der Waals surface area contributed by atoms with Gasteiger partial charge in [-0.2, -0.15) is 5.10 Å². The molecular formula is C20H33N5O3S. The third kappa shape index (κ3) is 6.22. The van der Waals surface area contributed by atoms with Crippen LogP contribution in [0.2, 0.25) is 0 Å². The Morgan fingerprint density at radius 2 is 2.00 bits per heavy atom. The van der Waals surface area contributed by atoms with Gasteiger partial charge in [0.2, 0.25) is 11.8 Å². The molecule has 1 aromatic rings. The van der Waals surface area contributed by atoms with Crippen LogP contribution in [-0.4, -0.2) is 63.0 Å². The highest BCUT2D eigenvalue weighted by Crippen LogP contribution is 2.35. The van der Waals surface area contributed by atoms with Crippen LogP contribution in [0, 0.1) is 5.41 Å². The molecule has 0 aromatic carbocycles. The predicted octanol–water partition coefficient (Wildman–Crippen LogP) is 1.60. The average Bonchev–Trinajstić information content (AvgIpc) is 3.09. The topological polar surface area (TPSA) is 110 Å². The molecule has 29 heavy (non-hydrogen) atoms. The lowest BCUT2D eigenvalue weighted by atomic mass is 9.76. The van der Waals surface area contributed by atoms with Crippen molar-refractivity contribution in [3.63, 3.8) is 0 Å². The minimum absolute atomic E-state index is 0.108. The molecule has 0 saturated carbocycles. The van der Waals surface area contributed by atoms with E-state index in [1.165, 1.54) is 11.8 Å². The van der Waals surface area contributed by atoms with Gasteiger partial charge in [-0.1, -0.05) is 13.8 Å². The highest BCUT2D eigenvalue weighted by atomic mass is 32.2. The standard InChI is InChI=1S/C20H33N5O3S/c1-19(2,3)25-10-7-14(23-25)18(28)24-9-6-8-20(4,5)15(24)11-22-17(27)13-29-12-16(21)26/h7,10,15H,6,8-9,11-13H2,1-5H3,(H2,21,26)(H,22,27). The summed E-state index contributed by atoms with van der Waals surface area (Å²) in [5.41, 5.74) is 5.19. The van der Waals surface area contributed by atoms with Crippen molar-refractivity contribution in [2.24, 2.45) is 11.1 Å². The Morgan fingerprint density at radius 1 is 1.31 bits per heavy atom. The monoisotopic (exact) mass is 423 g/mol. The number of likely N-dealkylation sites (tertiary alicyclic amines) is 1. The Morgan fingerprint density at radius 3 is 2.59 bits per heavy atom. The first-order valence-electron chi connectivity index (χ1n) is 9.91. The Hall–Kier alpha value is -2.03. The van der Waals surface area contributed by atoms with Crippen molar-refractivity contribution < 1.29 is 14.4 Å². The van der Waals surface area contributed by atoms with Crippen molar-refractivity contribution in [3.8, 4) is 0 Å². The van der Waals surface area contributed by atoms with Gasteiger partial charge in [-0.3, -0.25) is 19.1 Å². The zero-order chi connectivity index (χ0) is 21.8. The maximum Gasteiger partial charge on any atom is 0.274 e. The number of amides is 3. The van der Waals surface area contributed by atoms with Crippen LogP contribution in [0.15, 0.2) is 12.3 Å². The summed E-state index contributed by atoms with van der Waals surface area (Å²) in [6, 6.07) is 1.62. The average molecular weight is 424 g/mol. The number of hydrogen-bond donors (Lipinski definition) is 2. The van der Waals surface area contributed by atoms with E-state index in [1.807, 2.05) is 31.9 Å². The van der Waals surface area contributed by atoms with Crippen LogP contribution < -0.4 is 11.1 Å². The van der Waals surface area contributed by atoms with Crippen LogP contribution in [-0.2, 0) is 15.1 Å². The summed E-state index contributed by atoms with van der Waals surface area (Å²) in [7, 11) is 0. The first-order chi connectivity index (χ1) is 13.4. The summed E-state index contributed by atoms with van der Waals surface area (Å²) in [4.78, 5) is 38.0. The summed E-state index contributed by atoms with van der Waals surface area (Å²) in [5, 5.41) is 7.40. The molecule has 0 radical (unpaired) electrons. The zero-order valence-electron chi connectivity index (χ0n) is 18.0. The van der Waals surface area contributed by atoms with Crippen molar-refractivity contribution in [1.29, 1.82) is 0 Å². The number of piperidine rings is 1. The largest absolute Gasteiger partial charge is 0.369 e. The second-order valence-corrected chi connectivity index (χ2v) is 10.2. The molecule has 1 aliphatic rings. The number of rotatable bonds is 7. The number of carbonyl (C=O) groups is 3. The Labute approximate surface area is 176 Å². The molecule has 0 spiro atoms. The van der Waals surface area contributed by atoms with Crippen molar-refractivity contribution in [2.75, 3.05) is 24.6 Å². The van der Waals surface area contributed by atoms with Crippen molar-refractivity contribution in [1.82, 2.24) is 20.0 Å². The molecule has 2 heterocycles. The van der Waals surface area contributed by atoms with E-state index in [2.05, 4.69) is 24.3 Å². The molecule has 1 unspecified atom stereocenters. The summed E-state index contributed by atoms with van der Waals surface area (Å²) >= 11 is 1.19. The van der Waals surface area contributed by atoms with Crippen LogP contribution in [0.4, 0.5) is 0 Å². The molecule has 1 aromatic heterocycles. The molecule has 1 atom stereocenters. The lowest BCUT2D eigenvalue weighted by molar-refractivity contribution is -0.119. The fourth-order valence-electron chi connectivity index (χ4n) is 3.54. The van der Waals surface area contributed by atoms with Crippen LogP contribution in [0.5, 0.6) is 0 Å². The molecule has 0 bridgehead atoms. The second kappa shape index (κ2) is 9.19. The molecule has 3 N–H and O–H groups in total. The smallest absolute Gasteiger partial charge is 0.274 e. The van der Waals surface area contributed by atoms with Gasteiger partial charge in [0.1, 0.15) is 5.69 Å². The molecule has 1 fully saturated rings. The van der Waals surface area contributed by atoms with E-state index in [-0.39, 0.29) is 40.3 Å². The summed E-state index contributed by atoms with van der Waals surface area (Å²) in [6.45, 7) is 11.4. The Balaban J connectivity index is 2.08. The van der Waals surface area contributed by atoms with Gasteiger partial charge >= 0.3 is 0 Å². The first kappa shape index (κ1) is 23.3. The van der Waals surface area contributed by atoms with Gasteiger partial charge in [0.15, 0.2) is 0 Å². The van der Waals surface area contributed by atoms with Gasteiger partial charge in [-0.15, -0.1) is 11.8 Å². The van der Waals surface area contributed by atoms with Crippen molar-refractivity contribution in [3.05, 3.63) is 18.0 Å². The SMILES string of the molecule is CC1(C)CCCN(C(=O)c2ccn(C(C)(C)C)n2)C1CNC(=O)CSCC(N)=O. The van der Waals surface area contributed by atoms with Gasteiger partial charge < -0.3 is 16.0 Å². The van der Waals surface area contributed by atoms with Crippen LogP contribution in [0.25, 0.3) is 0 Å². The second-order valence-electron chi connectivity index (χ2n) is 9.19. The van der Waals surface area contributed by atoms with Crippen molar-refractivity contribution in [2.45, 2.75) is 59.0 Å². The highest BCUT2D eigenvalue weighted by Gasteiger charge is 2.40.